The minimum atomic E-state index is -0.654. The molecule has 37 heavy (non-hydrogen) atoms. The summed E-state index contributed by atoms with van der Waals surface area (Å²) in [5.41, 5.74) is 9.65. The number of anilines is 1. The Bertz CT molecular complexity index is 1420. The second kappa shape index (κ2) is 11.1. The summed E-state index contributed by atoms with van der Waals surface area (Å²) in [5.74, 6) is 0.186. The van der Waals surface area contributed by atoms with Gasteiger partial charge >= 0.3 is 0 Å². The Morgan fingerprint density at radius 2 is 1.92 bits per heavy atom. The molecule has 3 heterocycles. The van der Waals surface area contributed by atoms with Gasteiger partial charge in [-0.25, -0.2) is 9.97 Å². The highest BCUT2D eigenvalue weighted by Gasteiger charge is 2.17. The lowest BCUT2D eigenvalue weighted by Crippen LogP contribution is -2.46. The SMILES string of the molecule is N#Cc1ccc2[nH]cc(CCCCN3CCN(c4ccc(Oc5cncnc5C(N)=O)cc4)CC3)c2c1. The highest BCUT2D eigenvalue weighted by atomic mass is 16.5. The molecular formula is C28H29N7O2. The molecule has 3 N–H and O–H groups in total. The molecule has 0 unspecified atom stereocenters. The van der Waals surface area contributed by atoms with Gasteiger partial charge in [0, 0.05) is 49.0 Å². The number of ether oxygens (including phenoxy) is 1. The summed E-state index contributed by atoms with van der Waals surface area (Å²) < 4.78 is 5.78. The molecule has 188 valence electrons. The standard InChI is InChI=1S/C28H29N7O2/c29-16-20-4-9-25-24(15-20)21(17-32-25)3-1-2-10-34-11-13-35(14-12-34)22-5-7-23(8-6-22)37-26-18-31-19-33-27(26)28(30)36/h4-9,15,17-19,32H,1-3,10-14H2,(H2,30,36). The van der Waals surface area contributed by atoms with Gasteiger partial charge in [0.15, 0.2) is 11.4 Å². The van der Waals surface area contributed by atoms with E-state index in [-0.39, 0.29) is 11.4 Å². The maximum atomic E-state index is 11.5. The average molecular weight is 496 g/mol. The van der Waals surface area contributed by atoms with Crippen molar-refractivity contribution in [2.75, 3.05) is 37.6 Å². The summed E-state index contributed by atoms with van der Waals surface area (Å²) in [6.45, 7) is 5.09. The van der Waals surface area contributed by atoms with Crippen LogP contribution in [0, 0.1) is 11.3 Å². The lowest BCUT2D eigenvalue weighted by atomic mass is 10.1. The Kier molecular flexibility index (Phi) is 7.28. The number of carbonyl (C=O) groups is 1. The smallest absolute Gasteiger partial charge is 0.271 e. The minimum absolute atomic E-state index is 0.0600. The van der Waals surface area contributed by atoms with E-state index in [0.717, 1.165) is 68.6 Å². The van der Waals surface area contributed by atoms with Gasteiger partial charge in [0.1, 0.15) is 12.1 Å². The molecule has 9 heteroatoms. The third kappa shape index (κ3) is 5.71. The lowest BCUT2D eigenvalue weighted by Gasteiger charge is -2.36. The van der Waals surface area contributed by atoms with Crippen molar-refractivity contribution in [3.8, 4) is 17.6 Å². The molecule has 0 saturated carbocycles. The molecule has 2 aromatic heterocycles. The number of aromatic amines is 1. The average Bonchev–Trinajstić information content (AvgIpc) is 3.34. The largest absolute Gasteiger partial charge is 0.453 e. The predicted molar refractivity (Wildman–Crippen MR) is 142 cm³/mol. The fourth-order valence-electron chi connectivity index (χ4n) is 4.76. The summed E-state index contributed by atoms with van der Waals surface area (Å²) >= 11 is 0. The molecule has 1 aliphatic rings. The number of nitrogens with zero attached hydrogens (tertiary/aromatic N) is 5. The predicted octanol–water partition coefficient (Wildman–Crippen LogP) is 3.87. The lowest BCUT2D eigenvalue weighted by molar-refractivity contribution is 0.0993. The molecule has 1 amide bonds. The quantitative estimate of drug-likeness (QED) is 0.338. The van der Waals surface area contributed by atoms with Crippen LogP contribution < -0.4 is 15.4 Å². The Hall–Kier alpha value is -4.42. The number of amides is 1. The molecule has 2 aromatic carbocycles. The third-order valence-electron chi connectivity index (χ3n) is 6.78. The Morgan fingerprint density at radius 1 is 1.11 bits per heavy atom. The van der Waals surface area contributed by atoms with Crippen molar-refractivity contribution in [1.29, 1.82) is 5.26 Å². The van der Waals surface area contributed by atoms with Gasteiger partial charge in [-0.1, -0.05) is 0 Å². The van der Waals surface area contributed by atoms with E-state index in [9.17, 15) is 10.1 Å². The second-order valence-electron chi connectivity index (χ2n) is 9.17. The summed E-state index contributed by atoms with van der Waals surface area (Å²) in [4.78, 5) is 27.6. The number of benzene rings is 2. The minimum Gasteiger partial charge on any atom is -0.453 e. The van der Waals surface area contributed by atoms with Gasteiger partial charge in [0.25, 0.3) is 5.91 Å². The van der Waals surface area contributed by atoms with Crippen LogP contribution in [0.4, 0.5) is 5.69 Å². The molecule has 9 nitrogen and oxygen atoms in total. The third-order valence-corrected chi connectivity index (χ3v) is 6.78. The van der Waals surface area contributed by atoms with Crippen molar-refractivity contribution < 1.29 is 9.53 Å². The van der Waals surface area contributed by atoms with E-state index in [0.29, 0.717) is 11.3 Å². The molecule has 0 spiro atoms. The zero-order valence-electron chi connectivity index (χ0n) is 20.6. The van der Waals surface area contributed by atoms with Crippen molar-refractivity contribution in [1.82, 2.24) is 19.9 Å². The topological polar surface area (TPSA) is 124 Å². The molecule has 0 bridgehead atoms. The van der Waals surface area contributed by atoms with Crippen LogP contribution in [0.15, 0.2) is 61.2 Å². The Balaban J connectivity index is 1.07. The van der Waals surface area contributed by atoms with Crippen molar-refractivity contribution in [2.45, 2.75) is 19.3 Å². The van der Waals surface area contributed by atoms with Gasteiger partial charge in [-0.15, -0.1) is 0 Å². The summed E-state index contributed by atoms with van der Waals surface area (Å²) in [6.07, 6.45) is 8.06. The zero-order chi connectivity index (χ0) is 25.6. The first-order valence-electron chi connectivity index (χ1n) is 12.5. The number of rotatable bonds is 9. The second-order valence-corrected chi connectivity index (χ2v) is 9.17. The van der Waals surface area contributed by atoms with Gasteiger partial charge < -0.3 is 20.4 Å². The van der Waals surface area contributed by atoms with Crippen molar-refractivity contribution in [3.63, 3.8) is 0 Å². The molecular weight excluding hydrogens is 466 g/mol. The van der Waals surface area contributed by atoms with Crippen LogP contribution >= 0.6 is 0 Å². The number of primary amides is 1. The van der Waals surface area contributed by atoms with Crippen LogP contribution in [0.1, 0.15) is 34.5 Å². The monoisotopic (exact) mass is 495 g/mol. The molecule has 0 radical (unpaired) electrons. The van der Waals surface area contributed by atoms with Gasteiger partial charge in [-0.05, 0) is 73.8 Å². The molecule has 1 fully saturated rings. The van der Waals surface area contributed by atoms with Gasteiger partial charge in [0.05, 0.1) is 17.8 Å². The highest BCUT2D eigenvalue weighted by molar-refractivity contribution is 5.93. The van der Waals surface area contributed by atoms with E-state index in [1.54, 1.807) is 0 Å². The van der Waals surface area contributed by atoms with Crippen molar-refractivity contribution >= 4 is 22.5 Å². The fourth-order valence-corrected chi connectivity index (χ4v) is 4.76. The highest BCUT2D eigenvalue weighted by Crippen LogP contribution is 2.26. The van der Waals surface area contributed by atoms with Crippen LogP contribution in [0.25, 0.3) is 10.9 Å². The van der Waals surface area contributed by atoms with E-state index in [2.05, 4.69) is 37.0 Å². The number of nitriles is 1. The number of aryl methyl sites for hydroxylation is 1. The number of carbonyl (C=O) groups excluding carboxylic acids is 1. The van der Waals surface area contributed by atoms with Gasteiger partial charge in [0.2, 0.25) is 0 Å². The van der Waals surface area contributed by atoms with Gasteiger partial charge in [-0.3, -0.25) is 9.69 Å². The van der Waals surface area contributed by atoms with Gasteiger partial charge in [-0.2, -0.15) is 5.26 Å². The number of aromatic nitrogens is 3. The maximum absolute atomic E-state index is 11.5. The first-order valence-corrected chi connectivity index (χ1v) is 12.5. The Labute approximate surface area is 215 Å². The molecule has 1 saturated heterocycles. The first-order chi connectivity index (χ1) is 18.1. The first kappa shape index (κ1) is 24.3. The number of hydrogen-bond acceptors (Lipinski definition) is 7. The van der Waals surface area contributed by atoms with E-state index < -0.39 is 5.91 Å². The number of hydrogen-bond donors (Lipinski definition) is 2. The normalized spacial score (nSPS) is 14.0. The number of H-pyrrole nitrogens is 1. The number of unbranched alkanes of at least 4 members (excludes halogenated alkanes) is 1. The van der Waals surface area contributed by atoms with Crippen LogP contribution in [-0.4, -0.2) is 58.5 Å². The maximum Gasteiger partial charge on any atom is 0.271 e. The summed E-state index contributed by atoms with van der Waals surface area (Å²) in [7, 11) is 0. The molecule has 5 rings (SSSR count). The van der Waals surface area contributed by atoms with Crippen LogP contribution in [0.3, 0.4) is 0 Å². The zero-order valence-corrected chi connectivity index (χ0v) is 20.6. The number of piperazine rings is 1. The van der Waals surface area contributed by atoms with E-state index >= 15 is 0 Å². The van der Waals surface area contributed by atoms with E-state index in [1.807, 2.05) is 42.5 Å². The molecule has 4 aromatic rings. The number of nitrogens with two attached hydrogens (primary N) is 1. The van der Waals surface area contributed by atoms with Crippen LogP contribution in [-0.2, 0) is 6.42 Å². The molecule has 1 aliphatic heterocycles. The van der Waals surface area contributed by atoms with Crippen LogP contribution in [0.5, 0.6) is 11.5 Å². The number of fused-ring (bicyclic) bond motifs is 1. The fraction of sp³-hybridized carbons (Fsp3) is 0.286. The molecule has 0 atom stereocenters. The number of nitrogens with one attached hydrogen (secondary N) is 1. The van der Waals surface area contributed by atoms with E-state index in [1.165, 1.54) is 18.1 Å². The van der Waals surface area contributed by atoms with Crippen molar-refractivity contribution in [3.05, 3.63) is 78.0 Å². The Morgan fingerprint density at radius 3 is 2.68 bits per heavy atom. The molecule has 0 aliphatic carbocycles. The van der Waals surface area contributed by atoms with Crippen molar-refractivity contribution in [2.24, 2.45) is 5.73 Å². The van der Waals surface area contributed by atoms with Crippen LogP contribution in [0.2, 0.25) is 0 Å². The summed E-state index contributed by atoms with van der Waals surface area (Å²) in [6, 6.07) is 15.9. The van der Waals surface area contributed by atoms with E-state index in [4.69, 9.17) is 10.5 Å². The summed E-state index contributed by atoms with van der Waals surface area (Å²) in [5, 5.41) is 10.3.